The average molecular weight is 99.1 g/mol. The van der Waals surface area contributed by atoms with Gasteiger partial charge in [0.05, 0.1) is 6.21 Å². The molecule has 5 heteroatoms. The Morgan fingerprint density at radius 3 is 2.29 bits per heavy atom. The maximum absolute atomic E-state index is 5.15. The molecule has 5 nitrogen and oxygen atoms in total. The molecule has 1 aliphatic rings. The van der Waals surface area contributed by atoms with Gasteiger partial charge in [0.15, 0.2) is 0 Å². The monoisotopic (exact) mass is 99.1 g/mol. The van der Waals surface area contributed by atoms with Gasteiger partial charge in [-0.1, -0.05) is 0 Å². The topological polar surface area (TPSA) is 89.1 Å². The molecular formula is C2H5N5. The van der Waals surface area contributed by atoms with E-state index in [1.807, 2.05) is 0 Å². The summed E-state index contributed by atoms with van der Waals surface area (Å²) in [7, 11) is 0. The summed E-state index contributed by atoms with van der Waals surface area (Å²) < 4.78 is 0. The smallest absolute Gasteiger partial charge is 0.220 e. The van der Waals surface area contributed by atoms with Crippen LogP contribution in [0, 0.1) is 0 Å². The van der Waals surface area contributed by atoms with Gasteiger partial charge in [-0.3, -0.25) is 11.5 Å². The SMILES string of the molecule is NC1(N)C=NN=N1. The van der Waals surface area contributed by atoms with E-state index in [4.69, 9.17) is 11.5 Å². The Balaban J connectivity index is 2.77. The first-order valence-electron chi connectivity index (χ1n) is 1.75. The van der Waals surface area contributed by atoms with E-state index in [2.05, 4.69) is 15.4 Å². The van der Waals surface area contributed by atoms with E-state index in [-0.39, 0.29) is 0 Å². The predicted molar refractivity (Wildman–Crippen MR) is 24.5 cm³/mol. The Morgan fingerprint density at radius 2 is 2.14 bits per heavy atom. The molecule has 0 aromatic heterocycles. The van der Waals surface area contributed by atoms with Crippen LogP contribution in [0.4, 0.5) is 0 Å². The molecule has 1 heterocycles. The first-order chi connectivity index (χ1) is 3.21. The molecule has 0 aliphatic carbocycles. The summed E-state index contributed by atoms with van der Waals surface area (Å²) in [5, 5.41) is 9.83. The fourth-order valence-electron chi connectivity index (χ4n) is 0.247. The molecule has 0 spiro atoms. The number of hydrogen-bond donors (Lipinski definition) is 2. The van der Waals surface area contributed by atoms with Crippen molar-refractivity contribution in [3.63, 3.8) is 0 Å². The van der Waals surface area contributed by atoms with E-state index in [0.717, 1.165) is 0 Å². The van der Waals surface area contributed by atoms with Gasteiger partial charge in [-0.05, 0) is 5.22 Å². The van der Waals surface area contributed by atoms with Crippen molar-refractivity contribution in [2.75, 3.05) is 0 Å². The minimum absolute atomic E-state index is 1.14. The maximum Gasteiger partial charge on any atom is 0.220 e. The average Bonchev–Trinajstić information content (AvgIpc) is 1.84. The molecule has 0 saturated carbocycles. The van der Waals surface area contributed by atoms with Crippen LogP contribution in [-0.2, 0) is 0 Å². The molecule has 0 amide bonds. The van der Waals surface area contributed by atoms with Crippen LogP contribution < -0.4 is 11.5 Å². The zero-order valence-electron chi connectivity index (χ0n) is 3.57. The number of hydrogen-bond acceptors (Lipinski definition) is 5. The molecule has 38 valence electrons. The van der Waals surface area contributed by atoms with Crippen LogP contribution in [0.15, 0.2) is 15.4 Å². The lowest BCUT2D eigenvalue weighted by Gasteiger charge is -2.02. The van der Waals surface area contributed by atoms with Crippen LogP contribution in [0.2, 0.25) is 0 Å². The summed E-state index contributed by atoms with van der Waals surface area (Å²) in [6, 6.07) is 0. The van der Waals surface area contributed by atoms with E-state index in [9.17, 15) is 0 Å². The second-order valence-corrected chi connectivity index (χ2v) is 1.32. The van der Waals surface area contributed by atoms with E-state index in [0.29, 0.717) is 0 Å². The Morgan fingerprint density at radius 1 is 1.43 bits per heavy atom. The summed E-state index contributed by atoms with van der Waals surface area (Å²) in [4.78, 5) is 0. The van der Waals surface area contributed by atoms with Gasteiger partial charge in [-0.15, -0.1) is 10.2 Å². The third-order valence-corrected chi connectivity index (χ3v) is 0.534. The molecule has 0 aromatic carbocycles. The minimum Gasteiger partial charge on any atom is -0.289 e. The minimum atomic E-state index is -1.14. The lowest BCUT2D eigenvalue weighted by atomic mass is 10.5. The highest BCUT2D eigenvalue weighted by atomic mass is 15.5. The van der Waals surface area contributed by atoms with E-state index < -0.39 is 5.79 Å². The highest BCUT2D eigenvalue weighted by Gasteiger charge is 2.16. The zero-order chi connectivity index (χ0) is 5.33. The highest BCUT2D eigenvalue weighted by molar-refractivity contribution is 5.68. The van der Waals surface area contributed by atoms with Crippen molar-refractivity contribution < 1.29 is 0 Å². The molecule has 0 radical (unpaired) electrons. The fourth-order valence-corrected chi connectivity index (χ4v) is 0.247. The first kappa shape index (κ1) is 4.35. The Bertz CT molecular complexity index is 108. The third-order valence-electron chi connectivity index (χ3n) is 0.534. The largest absolute Gasteiger partial charge is 0.289 e. The van der Waals surface area contributed by atoms with Crippen LogP contribution in [0.25, 0.3) is 0 Å². The highest BCUT2D eigenvalue weighted by Crippen LogP contribution is 1.96. The summed E-state index contributed by atoms with van der Waals surface area (Å²) >= 11 is 0. The molecule has 0 aromatic rings. The number of nitrogens with zero attached hydrogens (tertiary/aromatic N) is 3. The molecule has 7 heavy (non-hydrogen) atoms. The van der Waals surface area contributed by atoms with Crippen molar-refractivity contribution >= 4 is 6.21 Å². The van der Waals surface area contributed by atoms with E-state index >= 15 is 0 Å². The van der Waals surface area contributed by atoms with Gasteiger partial charge in [0.25, 0.3) is 0 Å². The van der Waals surface area contributed by atoms with Crippen LogP contribution >= 0.6 is 0 Å². The third kappa shape index (κ3) is 0.787. The second kappa shape index (κ2) is 1.08. The van der Waals surface area contributed by atoms with Gasteiger partial charge in [0.2, 0.25) is 5.79 Å². The summed E-state index contributed by atoms with van der Waals surface area (Å²) in [6.45, 7) is 0. The van der Waals surface area contributed by atoms with Crippen LogP contribution in [0.5, 0.6) is 0 Å². The molecule has 1 rings (SSSR count). The van der Waals surface area contributed by atoms with Crippen LogP contribution in [-0.4, -0.2) is 12.0 Å². The lowest BCUT2D eigenvalue weighted by Crippen LogP contribution is -2.47. The van der Waals surface area contributed by atoms with Gasteiger partial charge < -0.3 is 0 Å². The maximum atomic E-state index is 5.15. The molecule has 1 aliphatic heterocycles. The van der Waals surface area contributed by atoms with Crippen molar-refractivity contribution in [1.82, 2.24) is 0 Å². The molecule has 0 fully saturated rings. The number of rotatable bonds is 0. The summed E-state index contributed by atoms with van der Waals surface area (Å²) in [6.07, 6.45) is 1.27. The Kier molecular flexibility index (Phi) is 0.671. The first-order valence-corrected chi connectivity index (χ1v) is 1.75. The predicted octanol–water partition coefficient (Wildman–Crippen LogP) is -0.991. The molecule has 0 atom stereocenters. The molecule has 0 bridgehead atoms. The molecule has 4 N–H and O–H groups in total. The van der Waals surface area contributed by atoms with Crippen LogP contribution in [0.1, 0.15) is 0 Å². The lowest BCUT2D eigenvalue weighted by molar-refractivity contribution is 0.623. The number of nitrogens with two attached hydrogens (primary N) is 2. The quantitative estimate of drug-likeness (QED) is 0.382. The zero-order valence-corrected chi connectivity index (χ0v) is 3.57. The van der Waals surface area contributed by atoms with Gasteiger partial charge in [-0.25, -0.2) is 0 Å². The molecule has 0 unspecified atom stereocenters. The van der Waals surface area contributed by atoms with Gasteiger partial charge in [0, 0.05) is 0 Å². The van der Waals surface area contributed by atoms with Crippen molar-refractivity contribution in [3.8, 4) is 0 Å². The summed E-state index contributed by atoms with van der Waals surface area (Å²) in [5.41, 5.74) is 10.3. The Labute approximate surface area is 40.1 Å². The normalized spacial score (nSPS) is 23.7. The van der Waals surface area contributed by atoms with Crippen LogP contribution in [0.3, 0.4) is 0 Å². The second-order valence-electron chi connectivity index (χ2n) is 1.32. The molecular weight excluding hydrogens is 94.1 g/mol. The van der Waals surface area contributed by atoms with Crippen molar-refractivity contribution in [2.24, 2.45) is 26.9 Å². The Hall–Kier alpha value is -0.810. The van der Waals surface area contributed by atoms with Crippen molar-refractivity contribution in [3.05, 3.63) is 0 Å². The van der Waals surface area contributed by atoms with Crippen molar-refractivity contribution in [2.45, 2.75) is 5.79 Å². The van der Waals surface area contributed by atoms with Gasteiger partial charge >= 0.3 is 0 Å². The van der Waals surface area contributed by atoms with Gasteiger partial charge in [0.1, 0.15) is 0 Å². The van der Waals surface area contributed by atoms with Crippen molar-refractivity contribution in [1.29, 1.82) is 0 Å². The van der Waals surface area contributed by atoms with E-state index in [1.54, 1.807) is 0 Å². The molecule has 0 saturated heterocycles. The van der Waals surface area contributed by atoms with Gasteiger partial charge in [-0.2, -0.15) is 0 Å². The fraction of sp³-hybridized carbons (Fsp3) is 0.500. The standard InChI is InChI=1S/C2H5N5/c3-2(4)1-5-7-6-2/h1H,3-4H2. The summed E-state index contributed by atoms with van der Waals surface area (Å²) in [5.74, 6) is -1.14. The van der Waals surface area contributed by atoms with E-state index in [1.165, 1.54) is 6.21 Å².